The van der Waals surface area contributed by atoms with E-state index in [1.165, 1.54) is 0 Å². The lowest BCUT2D eigenvalue weighted by molar-refractivity contribution is -0.144. The van der Waals surface area contributed by atoms with Crippen molar-refractivity contribution in [3.8, 4) is 11.1 Å². The second-order valence-electron chi connectivity index (χ2n) is 8.71. The molecule has 0 atom stereocenters. The summed E-state index contributed by atoms with van der Waals surface area (Å²) in [6.07, 6.45) is 1.81. The first kappa shape index (κ1) is 22.6. The van der Waals surface area contributed by atoms with Crippen LogP contribution in [-0.2, 0) is 21.7 Å². The molecule has 0 unspecified atom stereocenters. The summed E-state index contributed by atoms with van der Waals surface area (Å²) >= 11 is 0. The average Bonchev–Trinajstić information content (AvgIpc) is 3.18. The van der Waals surface area contributed by atoms with Crippen LogP contribution in [0.25, 0.3) is 11.1 Å². The van der Waals surface area contributed by atoms with Gasteiger partial charge >= 0.3 is 17.7 Å². The third-order valence-electron chi connectivity index (χ3n) is 6.39. The topological polar surface area (TPSA) is 52.6 Å². The molecule has 0 bridgehead atoms. The summed E-state index contributed by atoms with van der Waals surface area (Å²) in [7, 11) is 0. The maximum Gasteiger partial charge on any atom is 0.341 e. The van der Waals surface area contributed by atoms with E-state index in [-0.39, 0.29) is 0 Å². The van der Waals surface area contributed by atoms with Gasteiger partial charge in [-0.2, -0.15) is 0 Å². The van der Waals surface area contributed by atoms with E-state index in [0.29, 0.717) is 22.3 Å². The second kappa shape index (κ2) is 9.22. The summed E-state index contributed by atoms with van der Waals surface area (Å²) in [5.41, 5.74) is 6.03. The predicted molar refractivity (Wildman–Crippen MR) is 135 cm³/mol. The van der Waals surface area contributed by atoms with Crippen molar-refractivity contribution < 1.29 is 19.1 Å². The van der Waals surface area contributed by atoms with Crippen molar-refractivity contribution in [1.29, 1.82) is 0 Å². The number of esters is 2. The summed E-state index contributed by atoms with van der Waals surface area (Å²) in [6, 6.07) is 29.4. The van der Waals surface area contributed by atoms with Crippen LogP contribution in [0.5, 0.6) is 0 Å². The van der Waals surface area contributed by atoms with Crippen LogP contribution in [-0.4, -0.2) is 11.9 Å². The molecule has 1 aliphatic rings. The van der Waals surface area contributed by atoms with Gasteiger partial charge in [0, 0.05) is 5.56 Å². The van der Waals surface area contributed by atoms with Gasteiger partial charge in [0.15, 0.2) is 0 Å². The minimum absolute atomic E-state index is 0.385. The van der Waals surface area contributed by atoms with E-state index in [0.717, 1.165) is 35.1 Å². The first-order valence-electron chi connectivity index (χ1n) is 11.8. The summed E-state index contributed by atoms with van der Waals surface area (Å²) in [5, 5.41) is 0. The fourth-order valence-electron chi connectivity index (χ4n) is 4.84. The molecule has 4 aromatic rings. The van der Waals surface area contributed by atoms with E-state index in [4.69, 9.17) is 9.47 Å². The van der Waals surface area contributed by atoms with Crippen molar-refractivity contribution in [2.24, 2.45) is 0 Å². The molecule has 4 heteroatoms. The number of ether oxygens (including phenoxy) is 2. The Hall–Kier alpha value is -4.18. The highest BCUT2D eigenvalue weighted by atomic mass is 16.7. The highest BCUT2D eigenvalue weighted by molar-refractivity contribution is 5.94. The molecule has 35 heavy (non-hydrogen) atoms. The third kappa shape index (κ3) is 3.91. The molecule has 0 saturated carbocycles. The van der Waals surface area contributed by atoms with Gasteiger partial charge in [-0.1, -0.05) is 86.1 Å². The first-order valence-corrected chi connectivity index (χ1v) is 11.8. The van der Waals surface area contributed by atoms with E-state index in [9.17, 15) is 9.59 Å². The molecule has 0 N–H and O–H groups in total. The molecular weight excluding hydrogens is 436 g/mol. The van der Waals surface area contributed by atoms with Gasteiger partial charge in [0.2, 0.25) is 0 Å². The Bertz CT molecular complexity index is 1340. The zero-order chi connectivity index (χ0) is 24.4. The van der Waals surface area contributed by atoms with E-state index >= 15 is 0 Å². The van der Waals surface area contributed by atoms with E-state index in [1.54, 1.807) is 48.5 Å². The second-order valence-corrected chi connectivity index (χ2v) is 8.71. The molecule has 0 aliphatic heterocycles. The molecular formula is C31H26O4. The van der Waals surface area contributed by atoms with Crippen LogP contribution in [0.1, 0.15) is 56.3 Å². The van der Waals surface area contributed by atoms with Crippen LogP contribution in [0.4, 0.5) is 0 Å². The highest BCUT2D eigenvalue weighted by Gasteiger charge is 2.52. The molecule has 4 aromatic carbocycles. The molecule has 0 radical (unpaired) electrons. The largest absolute Gasteiger partial charge is 0.410 e. The van der Waals surface area contributed by atoms with Crippen LogP contribution in [0.15, 0.2) is 97.1 Å². The quantitative estimate of drug-likeness (QED) is 0.232. The molecule has 0 amide bonds. The zero-order valence-corrected chi connectivity index (χ0v) is 19.8. The third-order valence-corrected chi connectivity index (χ3v) is 6.39. The number of benzene rings is 4. The molecule has 4 nitrogen and oxygen atoms in total. The number of fused-ring (bicyclic) bond motifs is 3. The lowest BCUT2D eigenvalue weighted by Crippen LogP contribution is -2.38. The molecule has 0 fully saturated rings. The van der Waals surface area contributed by atoms with Crippen LogP contribution < -0.4 is 0 Å². The summed E-state index contributed by atoms with van der Waals surface area (Å²) in [6.45, 7) is 4.09. The van der Waals surface area contributed by atoms with Crippen molar-refractivity contribution in [1.82, 2.24) is 0 Å². The maximum atomic E-state index is 13.5. The minimum Gasteiger partial charge on any atom is -0.410 e. The number of aryl methyl sites for hydroxylation is 2. The van der Waals surface area contributed by atoms with Gasteiger partial charge in [-0.05, 0) is 59.9 Å². The first-order chi connectivity index (χ1) is 17.0. The van der Waals surface area contributed by atoms with Gasteiger partial charge in [0.05, 0.1) is 16.7 Å². The van der Waals surface area contributed by atoms with Gasteiger partial charge in [-0.25, -0.2) is 9.59 Å². The van der Waals surface area contributed by atoms with Gasteiger partial charge in [0.25, 0.3) is 0 Å². The number of hydrogen-bond donors (Lipinski definition) is 0. The van der Waals surface area contributed by atoms with Crippen molar-refractivity contribution >= 4 is 11.9 Å². The van der Waals surface area contributed by atoms with Crippen molar-refractivity contribution in [3.63, 3.8) is 0 Å². The van der Waals surface area contributed by atoms with Crippen molar-refractivity contribution in [3.05, 3.63) is 130 Å². The van der Waals surface area contributed by atoms with Gasteiger partial charge < -0.3 is 9.47 Å². The normalized spacial score (nSPS) is 13.0. The average molecular weight is 463 g/mol. The molecule has 5 rings (SSSR count). The molecule has 1 aliphatic carbocycles. The van der Waals surface area contributed by atoms with Gasteiger partial charge in [-0.15, -0.1) is 0 Å². The molecule has 0 heterocycles. The number of hydrogen-bond acceptors (Lipinski definition) is 4. The predicted octanol–water partition coefficient (Wildman–Crippen LogP) is 6.84. The van der Waals surface area contributed by atoms with Crippen molar-refractivity contribution in [2.75, 3.05) is 0 Å². The lowest BCUT2D eigenvalue weighted by Gasteiger charge is -2.32. The monoisotopic (exact) mass is 462 g/mol. The van der Waals surface area contributed by atoms with Crippen LogP contribution in [0.3, 0.4) is 0 Å². The lowest BCUT2D eigenvalue weighted by atomic mass is 9.92. The summed E-state index contributed by atoms with van der Waals surface area (Å²) < 4.78 is 12.5. The highest BCUT2D eigenvalue weighted by Crippen LogP contribution is 2.53. The SMILES string of the molecule is CCCc1ccc(C)c2c1-c1ccccc1C2(OC(=O)c1ccccc1)OC(=O)c1ccccc1. The summed E-state index contributed by atoms with van der Waals surface area (Å²) in [5.74, 6) is -2.83. The maximum absolute atomic E-state index is 13.5. The van der Waals surface area contributed by atoms with E-state index in [2.05, 4.69) is 13.0 Å². The Morgan fingerprint density at radius 1 is 0.714 bits per heavy atom. The molecule has 0 saturated heterocycles. The number of carbonyl (C=O) groups is 2. The minimum atomic E-state index is -1.71. The van der Waals surface area contributed by atoms with Crippen LogP contribution in [0.2, 0.25) is 0 Å². The molecule has 174 valence electrons. The Kier molecular flexibility index (Phi) is 5.96. The zero-order valence-electron chi connectivity index (χ0n) is 19.8. The Balaban J connectivity index is 1.75. The number of carbonyl (C=O) groups excluding carboxylic acids is 2. The van der Waals surface area contributed by atoms with E-state index in [1.807, 2.05) is 49.4 Å². The number of rotatable bonds is 6. The smallest absolute Gasteiger partial charge is 0.341 e. The van der Waals surface area contributed by atoms with Crippen LogP contribution in [0, 0.1) is 6.92 Å². The fourth-order valence-corrected chi connectivity index (χ4v) is 4.84. The summed E-state index contributed by atoms with van der Waals surface area (Å²) in [4.78, 5) is 26.9. The Morgan fingerprint density at radius 2 is 1.26 bits per heavy atom. The van der Waals surface area contributed by atoms with E-state index < -0.39 is 17.7 Å². The molecule has 0 aromatic heterocycles. The molecule has 0 spiro atoms. The Morgan fingerprint density at radius 3 is 1.83 bits per heavy atom. The van der Waals surface area contributed by atoms with Crippen LogP contribution >= 0.6 is 0 Å². The fraction of sp³-hybridized carbons (Fsp3) is 0.161. The van der Waals surface area contributed by atoms with Crippen molar-refractivity contribution in [2.45, 2.75) is 32.5 Å². The standard InChI is InChI=1S/C31H26O4/c1-3-12-22-20-19-21(2)28-27(22)25-17-10-11-18-26(25)31(28,34-29(32)23-13-6-4-7-14-23)35-30(33)24-15-8-5-9-16-24/h4-11,13-20H,3,12H2,1-2H3. The van der Waals surface area contributed by atoms with Gasteiger partial charge in [-0.3, -0.25) is 0 Å². The van der Waals surface area contributed by atoms with Gasteiger partial charge in [0.1, 0.15) is 0 Å². The Labute approximate surface area is 205 Å².